The van der Waals surface area contributed by atoms with Crippen molar-refractivity contribution in [1.29, 1.82) is 0 Å². The second-order valence-corrected chi connectivity index (χ2v) is 4.26. The summed E-state index contributed by atoms with van der Waals surface area (Å²) in [5.74, 6) is 0.238. The first-order valence-corrected chi connectivity index (χ1v) is 6.11. The second kappa shape index (κ2) is 6.01. The molecule has 0 aliphatic rings. The third-order valence-corrected chi connectivity index (χ3v) is 2.98. The van der Waals surface area contributed by atoms with E-state index in [1.165, 1.54) is 7.11 Å². The van der Waals surface area contributed by atoms with Gasteiger partial charge in [0.15, 0.2) is 5.75 Å². The van der Waals surface area contributed by atoms with Crippen LogP contribution in [0.4, 0.5) is 11.4 Å². The summed E-state index contributed by atoms with van der Waals surface area (Å²) in [5.41, 5.74) is 1.37. The molecule has 1 N–H and O–H groups in total. The Labute approximate surface area is 116 Å². The number of hydrogen-bond donors (Lipinski definition) is 1. The molecule has 1 aromatic carbocycles. The van der Waals surface area contributed by atoms with Crippen LogP contribution in [-0.4, -0.2) is 17.0 Å². The van der Waals surface area contributed by atoms with Crippen molar-refractivity contribution in [2.45, 2.75) is 13.0 Å². The zero-order valence-electron chi connectivity index (χ0n) is 11.2. The van der Waals surface area contributed by atoms with E-state index in [4.69, 9.17) is 4.74 Å². The number of benzene rings is 1. The Morgan fingerprint density at radius 2 is 2.00 bits per heavy atom. The highest BCUT2D eigenvalue weighted by molar-refractivity contribution is 5.68. The number of nitrogens with one attached hydrogen (secondary N) is 1. The number of nitro benzene ring substituents is 1. The van der Waals surface area contributed by atoms with Crippen LogP contribution in [0.1, 0.15) is 18.5 Å². The van der Waals surface area contributed by atoms with Gasteiger partial charge < -0.3 is 10.1 Å². The van der Waals surface area contributed by atoms with Gasteiger partial charge in [-0.15, -0.1) is 0 Å². The van der Waals surface area contributed by atoms with Crippen LogP contribution >= 0.6 is 0 Å². The van der Waals surface area contributed by atoms with E-state index < -0.39 is 4.92 Å². The van der Waals surface area contributed by atoms with Gasteiger partial charge in [-0.05, 0) is 36.8 Å². The third kappa shape index (κ3) is 2.85. The Kier molecular flexibility index (Phi) is 4.14. The fourth-order valence-electron chi connectivity index (χ4n) is 1.96. The molecule has 0 amide bonds. The fraction of sp³-hybridized carbons (Fsp3) is 0.214. The highest BCUT2D eigenvalue weighted by Crippen LogP contribution is 2.36. The number of anilines is 1. The quantitative estimate of drug-likeness (QED) is 0.668. The number of nitrogens with zero attached hydrogens (tertiary/aromatic N) is 2. The Morgan fingerprint density at radius 3 is 2.60 bits per heavy atom. The largest absolute Gasteiger partial charge is 0.490 e. The minimum absolute atomic E-state index is 0.0593. The molecular weight excluding hydrogens is 258 g/mol. The first-order valence-electron chi connectivity index (χ1n) is 6.11. The summed E-state index contributed by atoms with van der Waals surface area (Å²) in [5, 5.41) is 14.3. The standard InChI is InChI=1S/C14H15N3O3/c1-10(11-6-8-15-9-7-11)16-12-4-3-5-13(20-2)14(12)17(18)19/h3-10,16H,1-2H3. The molecule has 2 rings (SSSR count). The molecule has 20 heavy (non-hydrogen) atoms. The summed E-state index contributed by atoms with van der Waals surface area (Å²) in [6, 6.07) is 8.60. The van der Waals surface area contributed by atoms with E-state index in [0.29, 0.717) is 5.69 Å². The zero-order valence-corrected chi connectivity index (χ0v) is 11.2. The van der Waals surface area contributed by atoms with Gasteiger partial charge in [0.2, 0.25) is 0 Å². The molecule has 1 unspecified atom stereocenters. The van der Waals surface area contributed by atoms with Gasteiger partial charge in [-0.25, -0.2) is 0 Å². The topological polar surface area (TPSA) is 77.3 Å². The SMILES string of the molecule is COc1cccc(NC(C)c2ccncc2)c1[N+](=O)[O-]. The van der Waals surface area contributed by atoms with Crippen LogP contribution in [0.3, 0.4) is 0 Å². The number of pyridine rings is 1. The summed E-state index contributed by atoms with van der Waals surface area (Å²) in [6.45, 7) is 1.93. The minimum atomic E-state index is -0.444. The van der Waals surface area contributed by atoms with Crippen molar-refractivity contribution in [2.75, 3.05) is 12.4 Å². The monoisotopic (exact) mass is 273 g/mol. The summed E-state index contributed by atoms with van der Waals surface area (Å²) >= 11 is 0. The lowest BCUT2D eigenvalue weighted by atomic mass is 10.1. The van der Waals surface area contributed by atoms with Crippen LogP contribution in [0.2, 0.25) is 0 Å². The fourth-order valence-corrected chi connectivity index (χ4v) is 1.96. The minimum Gasteiger partial charge on any atom is -0.490 e. The van der Waals surface area contributed by atoms with Crippen molar-refractivity contribution in [3.63, 3.8) is 0 Å². The van der Waals surface area contributed by atoms with Gasteiger partial charge in [0.1, 0.15) is 5.69 Å². The van der Waals surface area contributed by atoms with Crippen LogP contribution < -0.4 is 10.1 Å². The molecule has 0 fully saturated rings. The van der Waals surface area contributed by atoms with Gasteiger partial charge in [0.05, 0.1) is 12.0 Å². The smallest absolute Gasteiger partial charge is 0.333 e. The van der Waals surface area contributed by atoms with Crippen LogP contribution in [-0.2, 0) is 0 Å². The van der Waals surface area contributed by atoms with Crippen LogP contribution in [0, 0.1) is 10.1 Å². The average Bonchev–Trinajstić information content (AvgIpc) is 2.47. The molecule has 0 spiro atoms. The molecule has 6 heteroatoms. The molecule has 0 saturated heterocycles. The first-order chi connectivity index (χ1) is 9.63. The highest BCUT2D eigenvalue weighted by atomic mass is 16.6. The van der Waals surface area contributed by atoms with Gasteiger partial charge in [-0.3, -0.25) is 15.1 Å². The maximum Gasteiger partial charge on any atom is 0.333 e. The van der Waals surface area contributed by atoms with Gasteiger partial charge in [-0.2, -0.15) is 0 Å². The van der Waals surface area contributed by atoms with Crippen LogP contribution in [0.25, 0.3) is 0 Å². The molecule has 0 saturated carbocycles. The Hall–Kier alpha value is -2.63. The van der Waals surface area contributed by atoms with Crippen molar-refractivity contribution >= 4 is 11.4 Å². The van der Waals surface area contributed by atoms with Gasteiger partial charge >= 0.3 is 5.69 Å². The van der Waals surface area contributed by atoms with E-state index in [0.717, 1.165) is 5.56 Å². The predicted octanol–water partition coefficient (Wildman–Crippen LogP) is 3.17. The molecule has 1 heterocycles. The first kappa shape index (κ1) is 13.8. The Balaban J connectivity index is 2.32. The molecule has 104 valence electrons. The lowest BCUT2D eigenvalue weighted by Crippen LogP contribution is -2.09. The van der Waals surface area contributed by atoms with Gasteiger partial charge in [0.25, 0.3) is 0 Å². The number of nitro groups is 1. The van der Waals surface area contributed by atoms with Gasteiger partial charge in [0, 0.05) is 18.4 Å². The van der Waals surface area contributed by atoms with E-state index >= 15 is 0 Å². The number of methoxy groups -OCH3 is 1. The number of hydrogen-bond acceptors (Lipinski definition) is 5. The summed E-state index contributed by atoms with van der Waals surface area (Å²) in [4.78, 5) is 14.7. The third-order valence-electron chi connectivity index (χ3n) is 2.98. The van der Waals surface area contributed by atoms with Crippen molar-refractivity contribution in [1.82, 2.24) is 4.98 Å². The van der Waals surface area contributed by atoms with Crippen molar-refractivity contribution in [2.24, 2.45) is 0 Å². The number of aromatic nitrogens is 1. The molecule has 6 nitrogen and oxygen atoms in total. The predicted molar refractivity (Wildman–Crippen MR) is 75.9 cm³/mol. The summed E-state index contributed by atoms with van der Waals surface area (Å²) in [6.07, 6.45) is 3.38. The molecule has 1 atom stereocenters. The van der Waals surface area contributed by atoms with E-state index in [1.54, 1.807) is 30.6 Å². The molecule has 2 aromatic rings. The highest BCUT2D eigenvalue weighted by Gasteiger charge is 2.21. The molecule has 0 radical (unpaired) electrons. The van der Waals surface area contributed by atoms with E-state index in [1.807, 2.05) is 19.1 Å². The second-order valence-electron chi connectivity index (χ2n) is 4.26. The summed E-state index contributed by atoms with van der Waals surface area (Å²) < 4.78 is 5.04. The van der Waals surface area contributed by atoms with Crippen LogP contribution in [0.5, 0.6) is 5.75 Å². The lowest BCUT2D eigenvalue weighted by molar-refractivity contribution is -0.384. The average molecular weight is 273 g/mol. The molecule has 0 bridgehead atoms. The molecule has 1 aromatic heterocycles. The summed E-state index contributed by atoms with van der Waals surface area (Å²) in [7, 11) is 1.42. The van der Waals surface area contributed by atoms with E-state index in [9.17, 15) is 10.1 Å². The van der Waals surface area contributed by atoms with E-state index in [-0.39, 0.29) is 17.5 Å². The normalized spacial score (nSPS) is 11.7. The number of ether oxygens (including phenoxy) is 1. The van der Waals surface area contributed by atoms with Crippen LogP contribution in [0.15, 0.2) is 42.7 Å². The number of para-hydroxylation sites is 1. The van der Waals surface area contributed by atoms with Gasteiger partial charge in [-0.1, -0.05) is 6.07 Å². The zero-order chi connectivity index (χ0) is 14.5. The Bertz CT molecular complexity index is 602. The lowest BCUT2D eigenvalue weighted by Gasteiger charge is -2.16. The Morgan fingerprint density at radius 1 is 1.30 bits per heavy atom. The van der Waals surface area contributed by atoms with Crippen molar-refractivity contribution in [3.05, 3.63) is 58.4 Å². The molecule has 0 aliphatic carbocycles. The maximum absolute atomic E-state index is 11.2. The number of rotatable bonds is 5. The molecular formula is C14H15N3O3. The maximum atomic E-state index is 11.2. The van der Waals surface area contributed by atoms with Crippen molar-refractivity contribution < 1.29 is 9.66 Å². The van der Waals surface area contributed by atoms with E-state index in [2.05, 4.69) is 10.3 Å². The molecule has 0 aliphatic heterocycles. The van der Waals surface area contributed by atoms with Crippen molar-refractivity contribution in [3.8, 4) is 5.75 Å².